The SMILES string of the molecule is COc1ccccc1N1C(=O)C(c2ccccc2)=C(N2CCN(c3ncccn3)CC2)C1=O. The molecular formula is C25H23N5O3. The van der Waals surface area contributed by atoms with Crippen LogP contribution in [0.3, 0.4) is 0 Å². The summed E-state index contributed by atoms with van der Waals surface area (Å²) in [4.78, 5) is 41.3. The van der Waals surface area contributed by atoms with Crippen molar-refractivity contribution in [3.63, 3.8) is 0 Å². The van der Waals surface area contributed by atoms with Crippen LogP contribution in [0, 0.1) is 0 Å². The topological polar surface area (TPSA) is 78.9 Å². The van der Waals surface area contributed by atoms with Gasteiger partial charge in [0.25, 0.3) is 11.8 Å². The van der Waals surface area contributed by atoms with Gasteiger partial charge in [-0.25, -0.2) is 14.9 Å². The fraction of sp³-hybridized carbons (Fsp3) is 0.200. The van der Waals surface area contributed by atoms with E-state index in [0.717, 1.165) is 5.56 Å². The van der Waals surface area contributed by atoms with Crippen LogP contribution in [0.15, 0.2) is 78.8 Å². The van der Waals surface area contributed by atoms with Crippen molar-refractivity contribution >= 4 is 29.0 Å². The number of para-hydroxylation sites is 2. The van der Waals surface area contributed by atoms with Gasteiger partial charge in [0, 0.05) is 38.6 Å². The van der Waals surface area contributed by atoms with Gasteiger partial charge in [0.05, 0.1) is 18.4 Å². The first-order valence-electron chi connectivity index (χ1n) is 10.8. The average Bonchev–Trinajstić information content (AvgIpc) is 3.14. The van der Waals surface area contributed by atoms with Crippen molar-refractivity contribution in [1.82, 2.24) is 14.9 Å². The lowest BCUT2D eigenvalue weighted by Crippen LogP contribution is -2.48. The third kappa shape index (κ3) is 3.69. The molecule has 8 heteroatoms. The molecule has 0 bridgehead atoms. The van der Waals surface area contributed by atoms with Crippen LogP contribution in [0.25, 0.3) is 5.57 Å². The maximum atomic E-state index is 13.7. The molecule has 3 aromatic rings. The summed E-state index contributed by atoms with van der Waals surface area (Å²) in [5.74, 6) is 0.449. The van der Waals surface area contributed by atoms with Gasteiger partial charge in [0.2, 0.25) is 5.95 Å². The first-order chi connectivity index (χ1) is 16.2. The van der Waals surface area contributed by atoms with Crippen molar-refractivity contribution in [1.29, 1.82) is 0 Å². The molecule has 0 saturated carbocycles. The second-order valence-electron chi connectivity index (χ2n) is 7.73. The van der Waals surface area contributed by atoms with Crippen molar-refractivity contribution in [2.75, 3.05) is 43.1 Å². The number of rotatable bonds is 5. The minimum absolute atomic E-state index is 0.340. The van der Waals surface area contributed by atoms with Gasteiger partial charge in [-0.1, -0.05) is 42.5 Å². The number of carbonyl (C=O) groups is 2. The Morgan fingerprint density at radius 1 is 0.758 bits per heavy atom. The predicted octanol–water partition coefficient (Wildman–Crippen LogP) is 2.59. The van der Waals surface area contributed by atoms with Gasteiger partial charge >= 0.3 is 0 Å². The lowest BCUT2D eigenvalue weighted by molar-refractivity contribution is -0.120. The van der Waals surface area contributed by atoms with Gasteiger partial charge in [-0.15, -0.1) is 0 Å². The Bertz CT molecular complexity index is 1200. The van der Waals surface area contributed by atoms with Crippen LogP contribution in [0.4, 0.5) is 11.6 Å². The van der Waals surface area contributed by atoms with Crippen molar-refractivity contribution in [2.24, 2.45) is 0 Å². The largest absolute Gasteiger partial charge is 0.495 e. The molecule has 2 aliphatic heterocycles. The molecule has 0 spiro atoms. The number of piperazine rings is 1. The van der Waals surface area contributed by atoms with E-state index >= 15 is 0 Å². The van der Waals surface area contributed by atoms with Crippen molar-refractivity contribution in [3.8, 4) is 5.75 Å². The lowest BCUT2D eigenvalue weighted by Gasteiger charge is -2.36. The van der Waals surface area contributed by atoms with Crippen LogP contribution in [0.1, 0.15) is 5.56 Å². The molecule has 5 rings (SSSR count). The Labute approximate surface area is 191 Å². The number of imide groups is 1. The molecule has 8 nitrogen and oxygen atoms in total. The van der Waals surface area contributed by atoms with Crippen molar-refractivity contribution in [2.45, 2.75) is 0 Å². The number of nitrogens with zero attached hydrogens (tertiary/aromatic N) is 5. The zero-order valence-corrected chi connectivity index (χ0v) is 18.2. The number of carbonyl (C=O) groups excluding carboxylic acids is 2. The molecular weight excluding hydrogens is 418 g/mol. The van der Waals surface area contributed by atoms with Crippen LogP contribution in [-0.2, 0) is 9.59 Å². The zero-order chi connectivity index (χ0) is 22.8. The second-order valence-corrected chi connectivity index (χ2v) is 7.73. The van der Waals surface area contributed by atoms with E-state index in [-0.39, 0.29) is 11.8 Å². The average molecular weight is 441 g/mol. The van der Waals surface area contributed by atoms with Gasteiger partial charge in [-0.3, -0.25) is 9.59 Å². The van der Waals surface area contributed by atoms with E-state index in [9.17, 15) is 9.59 Å². The summed E-state index contributed by atoms with van der Waals surface area (Å²) in [6.45, 7) is 2.43. The molecule has 1 saturated heterocycles. The zero-order valence-electron chi connectivity index (χ0n) is 18.2. The molecule has 0 aliphatic carbocycles. The summed E-state index contributed by atoms with van der Waals surface area (Å²) in [5.41, 5.74) is 1.99. The molecule has 0 unspecified atom stereocenters. The molecule has 1 aromatic heterocycles. The molecule has 33 heavy (non-hydrogen) atoms. The highest BCUT2D eigenvalue weighted by Gasteiger charge is 2.44. The quantitative estimate of drug-likeness (QED) is 0.563. The monoisotopic (exact) mass is 441 g/mol. The van der Waals surface area contributed by atoms with Crippen LogP contribution < -0.4 is 14.5 Å². The van der Waals surface area contributed by atoms with Crippen molar-refractivity contribution in [3.05, 3.63) is 84.3 Å². The number of ether oxygens (including phenoxy) is 1. The summed E-state index contributed by atoms with van der Waals surface area (Å²) in [6.07, 6.45) is 3.43. The molecule has 0 atom stereocenters. The van der Waals surface area contributed by atoms with Crippen LogP contribution >= 0.6 is 0 Å². The summed E-state index contributed by atoms with van der Waals surface area (Å²) in [7, 11) is 1.53. The van der Waals surface area contributed by atoms with E-state index in [1.165, 1.54) is 12.0 Å². The van der Waals surface area contributed by atoms with E-state index in [0.29, 0.717) is 54.8 Å². The first kappa shape index (κ1) is 20.7. The summed E-state index contributed by atoms with van der Waals surface area (Å²) >= 11 is 0. The number of hydrogen-bond acceptors (Lipinski definition) is 7. The molecule has 2 aromatic carbocycles. The molecule has 0 N–H and O–H groups in total. The van der Waals surface area contributed by atoms with Crippen LogP contribution in [0.2, 0.25) is 0 Å². The minimum Gasteiger partial charge on any atom is -0.495 e. The van der Waals surface area contributed by atoms with Crippen molar-refractivity contribution < 1.29 is 14.3 Å². The second kappa shape index (κ2) is 8.74. The molecule has 0 radical (unpaired) electrons. The molecule has 166 valence electrons. The number of anilines is 2. The lowest BCUT2D eigenvalue weighted by atomic mass is 10.0. The number of benzene rings is 2. The number of amides is 2. The van der Waals surface area contributed by atoms with Gasteiger partial charge in [0.1, 0.15) is 11.4 Å². The highest BCUT2D eigenvalue weighted by Crippen LogP contribution is 2.38. The van der Waals surface area contributed by atoms with E-state index in [4.69, 9.17) is 4.74 Å². The van der Waals surface area contributed by atoms with Gasteiger partial charge in [0.15, 0.2) is 0 Å². The Hall–Kier alpha value is -4.20. The van der Waals surface area contributed by atoms with Gasteiger partial charge < -0.3 is 14.5 Å². The summed E-state index contributed by atoms with van der Waals surface area (Å²) in [5, 5.41) is 0. The smallest absolute Gasteiger partial charge is 0.282 e. The predicted molar refractivity (Wildman–Crippen MR) is 125 cm³/mol. The Morgan fingerprint density at radius 3 is 2.09 bits per heavy atom. The molecule has 1 fully saturated rings. The van der Waals surface area contributed by atoms with E-state index < -0.39 is 0 Å². The first-order valence-corrected chi connectivity index (χ1v) is 10.8. The highest BCUT2D eigenvalue weighted by atomic mass is 16.5. The standard InChI is InChI=1S/C25H23N5O3/c1-33-20-11-6-5-10-19(20)30-23(31)21(18-8-3-2-4-9-18)22(24(30)32)28-14-16-29(17-15-28)25-26-12-7-13-27-25/h2-13H,14-17H2,1H3. The Kier molecular flexibility index (Phi) is 5.48. The fourth-order valence-corrected chi connectivity index (χ4v) is 4.29. The Morgan fingerprint density at radius 2 is 1.39 bits per heavy atom. The van der Waals surface area contributed by atoms with E-state index in [1.807, 2.05) is 41.3 Å². The fourth-order valence-electron chi connectivity index (χ4n) is 4.29. The van der Waals surface area contributed by atoms with Crippen LogP contribution in [-0.4, -0.2) is 60.0 Å². The number of methoxy groups -OCH3 is 1. The molecule has 2 amide bonds. The normalized spacial score (nSPS) is 16.6. The van der Waals surface area contributed by atoms with Gasteiger partial charge in [-0.05, 0) is 23.8 Å². The number of hydrogen-bond donors (Lipinski definition) is 0. The maximum Gasteiger partial charge on any atom is 0.282 e. The number of aromatic nitrogens is 2. The van der Waals surface area contributed by atoms with Gasteiger partial charge in [-0.2, -0.15) is 0 Å². The molecule has 2 aliphatic rings. The third-order valence-corrected chi connectivity index (χ3v) is 5.88. The minimum atomic E-state index is -0.348. The maximum absolute atomic E-state index is 13.7. The van der Waals surface area contributed by atoms with E-state index in [2.05, 4.69) is 14.9 Å². The van der Waals surface area contributed by atoms with E-state index in [1.54, 1.807) is 36.7 Å². The highest BCUT2D eigenvalue weighted by molar-refractivity contribution is 6.45. The molecule has 3 heterocycles. The summed E-state index contributed by atoms with van der Waals surface area (Å²) < 4.78 is 5.44. The summed E-state index contributed by atoms with van der Waals surface area (Å²) in [6, 6.07) is 18.2. The third-order valence-electron chi connectivity index (χ3n) is 5.88. The van der Waals surface area contributed by atoms with Crippen LogP contribution in [0.5, 0.6) is 5.75 Å². The Balaban J connectivity index is 1.51.